The normalized spacial score (nSPS) is 10.7. The Morgan fingerprint density at radius 2 is 1.85 bits per heavy atom. The third kappa shape index (κ3) is 3.58. The van der Waals surface area contributed by atoms with Crippen LogP contribution in [0.4, 0.5) is 0 Å². The summed E-state index contributed by atoms with van der Waals surface area (Å²) in [7, 11) is 0. The van der Waals surface area contributed by atoms with Gasteiger partial charge in [0.15, 0.2) is 0 Å². The minimum absolute atomic E-state index is 0.0436. The van der Waals surface area contributed by atoms with Crippen LogP contribution in [-0.2, 0) is 0 Å². The molecule has 20 heavy (non-hydrogen) atoms. The van der Waals surface area contributed by atoms with E-state index >= 15 is 0 Å². The number of nitrogens with zero attached hydrogens (tertiary/aromatic N) is 1. The molecule has 0 saturated carbocycles. The van der Waals surface area contributed by atoms with E-state index in [9.17, 15) is 15.0 Å². The second-order valence-electron chi connectivity index (χ2n) is 3.95. The average Bonchev–Trinajstić information content (AvgIpc) is 2.43. The van der Waals surface area contributed by atoms with Gasteiger partial charge in [-0.3, -0.25) is 4.79 Å². The van der Waals surface area contributed by atoms with Crippen LogP contribution in [0.5, 0.6) is 11.5 Å². The van der Waals surface area contributed by atoms with Gasteiger partial charge in [-0.25, -0.2) is 5.43 Å². The van der Waals surface area contributed by atoms with Crippen molar-refractivity contribution in [3.05, 3.63) is 58.1 Å². The molecule has 0 heterocycles. The van der Waals surface area contributed by atoms with Crippen LogP contribution in [-0.4, -0.2) is 22.3 Å². The predicted molar refractivity (Wildman–Crippen MR) is 79.0 cm³/mol. The van der Waals surface area contributed by atoms with Gasteiger partial charge in [-0.1, -0.05) is 28.1 Å². The lowest BCUT2D eigenvalue weighted by molar-refractivity contribution is 0.0952. The molecule has 6 heteroatoms. The molecule has 0 aromatic heterocycles. The maximum Gasteiger partial charge on any atom is 0.275 e. The second-order valence-corrected chi connectivity index (χ2v) is 4.87. The van der Waals surface area contributed by atoms with Crippen LogP contribution in [0.2, 0.25) is 0 Å². The zero-order valence-electron chi connectivity index (χ0n) is 10.2. The van der Waals surface area contributed by atoms with Crippen molar-refractivity contribution in [2.45, 2.75) is 0 Å². The smallest absolute Gasteiger partial charge is 0.275 e. The van der Waals surface area contributed by atoms with E-state index in [1.165, 1.54) is 24.4 Å². The average molecular weight is 335 g/mol. The highest BCUT2D eigenvalue weighted by molar-refractivity contribution is 9.10. The standard InChI is InChI=1S/C14H11BrN2O3/c15-10-3-1-9(2-4-10)8-16-17-14(20)12-7-11(18)5-6-13(12)19/h1-8,18-19H,(H,17,20)/b16-8-. The van der Waals surface area contributed by atoms with Crippen LogP contribution < -0.4 is 5.43 Å². The van der Waals surface area contributed by atoms with E-state index in [0.717, 1.165) is 10.0 Å². The van der Waals surface area contributed by atoms with Crippen molar-refractivity contribution in [2.75, 3.05) is 0 Å². The van der Waals surface area contributed by atoms with Gasteiger partial charge in [0.05, 0.1) is 11.8 Å². The molecule has 5 nitrogen and oxygen atoms in total. The summed E-state index contributed by atoms with van der Waals surface area (Å²) < 4.78 is 0.948. The first-order chi connectivity index (χ1) is 9.56. The minimum atomic E-state index is -0.605. The number of aromatic hydroxyl groups is 2. The molecule has 2 aromatic carbocycles. The van der Waals surface area contributed by atoms with E-state index < -0.39 is 5.91 Å². The first kappa shape index (κ1) is 14.1. The Morgan fingerprint density at radius 1 is 1.15 bits per heavy atom. The summed E-state index contributed by atoms with van der Waals surface area (Å²) in [6, 6.07) is 11.0. The van der Waals surface area contributed by atoms with Crippen LogP contribution >= 0.6 is 15.9 Å². The van der Waals surface area contributed by atoms with E-state index in [1.807, 2.05) is 24.3 Å². The summed E-state index contributed by atoms with van der Waals surface area (Å²) in [6.07, 6.45) is 1.48. The zero-order chi connectivity index (χ0) is 14.5. The van der Waals surface area contributed by atoms with Crippen molar-refractivity contribution in [3.8, 4) is 11.5 Å². The third-order valence-electron chi connectivity index (χ3n) is 2.47. The molecule has 0 bridgehead atoms. The number of hydrogen-bond acceptors (Lipinski definition) is 4. The minimum Gasteiger partial charge on any atom is -0.508 e. The quantitative estimate of drug-likeness (QED) is 0.458. The van der Waals surface area contributed by atoms with Crippen molar-refractivity contribution in [1.29, 1.82) is 0 Å². The molecule has 0 aliphatic rings. The Morgan fingerprint density at radius 3 is 2.55 bits per heavy atom. The number of carbonyl (C=O) groups excluding carboxylic acids is 1. The van der Waals surface area contributed by atoms with E-state index in [1.54, 1.807) is 0 Å². The van der Waals surface area contributed by atoms with Gasteiger partial charge >= 0.3 is 0 Å². The van der Waals surface area contributed by atoms with E-state index in [2.05, 4.69) is 26.5 Å². The van der Waals surface area contributed by atoms with Crippen LogP contribution in [0.15, 0.2) is 52.0 Å². The molecule has 0 radical (unpaired) electrons. The van der Waals surface area contributed by atoms with Gasteiger partial charge in [-0.15, -0.1) is 0 Å². The van der Waals surface area contributed by atoms with Crippen LogP contribution in [0.25, 0.3) is 0 Å². The van der Waals surface area contributed by atoms with E-state index in [0.29, 0.717) is 0 Å². The molecule has 2 aromatic rings. The number of carbonyl (C=O) groups is 1. The number of benzene rings is 2. The number of hydrogen-bond donors (Lipinski definition) is 3. The Bertz CT molecular complexity index is 654. The van der Waals surface area contributed by atoms with Crippen molar-refractivity contribution in [3.63, 3.8) is 0 Å². The van der Waals surface area contributed by atoms with Gasteiger partial charge in [-0.2, -0.15) is 5.10 Å². The lowest BCUT2D eigenvalue weighted by Crippen LogP contribution is -2.17. The van der Waals surface area contributed by atoms with Gasteiger partial charge in [0.25, 0.3) is 5.91 Å². The lowest BCUT2D eigenvalue weighted by Gasteiger charge is -2.03. The maximum atomic E-state index is 11.8. The first-order valence-electron chi connectivity index (χ1n) is 5.67. The largest absolute Gasteiger partial charge is 0.508 e. The highest BCUT2D eigenvalue weighted by Gasteiger charge is 2.10. The number of nitrogens with one attached hydrogen (secondary N) is 1. The van der Waals surface area contributed by atoms with Gasteiger partial charge in [0.1, 0.15) is 11.5 Å². The van der Waals surface area contributed by atoms with Gasteiger partial charge < -0.3 is 10.2 Å². The van der Waals surface area contributed by atoms with Gasteiger partial charge in [0.2, 0.25) is 0 Å². The van der Waals surface area contributed by atoms with Crippen molar-refractivity contribution >= 4 is 28.1 Å². The monoisotopic (exact) mass is 334 g/mol. The Hall–Kier alpha value is -2.34. The molecule has 3 N–H and O–H groups in total. The highest BCUT2D eigenvalue weighted by Crippen LogP contribution is 2.21. The second kappa shape index (κ2) is 6.21. The predicted octanol–water partition coefficient (Wildman–Crippen LogP) is 2.62. The summed E-state index contributed by atoms with van der Waals surface area (Å²) in [5.74, 6) is -0.934. The molecule has 0 aliphatic heterocycles. The molecule has 0 aliphatic carbocycles. The van der Waals surface area contributed by atoms with E-state index in [-0.39, 0.29) is 17.1 Å². The van der Waals surface area contributed by atoms with Crippen molar-refractivity contribution in [1.82, 2.24) is 5.43 Å². The Balaban J connectivity index is 2.05. The Labute approximate surface area is 123 Å². The summed E-state index contributed by atoms with van der Waals surface area (Å²) in [5.41, 5.74) is 3.05. The first-order valence-corrected chi connectivity index (χ1v) is 6.46. The molecule has 0 fully saturated rings. The fourth-order valence-electron chi connectivity index (χ4n) is 1.48. The Kier molecular flexibility index (Phi) is 4.37. The van der Waals surface area contributed by atoms with Crippen molar-refractivity contribution < 1.29 is 15.0 Å². The summed E-state index contributed by atoms with van der Waals surface area (Å²) in [4.78, 5) is 11.8. The molecule has 0 unspecified atom stereocenters. The molecular weight excluding hydrogens is 324 g/mol. The van der Waals surface area contributed by atoms with Gasteiger partial charge in [-0.05, 0) is 35.9 Å². The van der Waals surface area contributed by atoms with E-state index in [4.69, 9.17) is 0 Å². The number of phenolic OH excluding ortho intramolecular Hbond substituents is 2. The van der Waals surface area contributed by atoms with Crippen LogP contribution in [0, 0.1) is 0 Å². The highest BCUT2D eigenvalue weighted by atomic mass is 79.9. The summed E-state index contributed by atoms with van der Waals surface area (Å²) in [6.45, 7) is 0. The molecule has 0 saturated heterocycles. The summed E-state index contributed by atoms with van der Waals surface area (Å²) in [5, 5.41) is 22.6. The lowest BCUT2D eigenvalue weighted by atomic mass is 10.2. The fourth-order valence-corrected chi connectivity index (χ4v) is 1.74. The molecule has 0 spiro atoms. The number of halogens is 1. The zero-order valence-corrected chi connectivity index (χ0v) is 11.8. The number of rotatable bonds is 3. The molecule has 1 amide bonds. The summed E-state index contributed by atoms with van der Waals surface area (Å²) >= 11 is 3.32. The SMILES string of the molecule is O=C(N/N=C\c1ccc(Br)cc1)c1cc(O)ccc1O. The van der Waals surface area contributed by atoms with Gasteiger partial charge in [0, 0.05) is 4.47 Å². The topological polar surface area (TPSA) is 81.9 Å². The number of amides is 1. The fraction of sp³-hybridized carbons (Fsp3) is 0. The third-order valence-corrected chi connectivity index (χ3v) is 3.00. The molecule has 102 valence electrons. The molecule has 0 atom stereocenters. The van der Waals surface area contributed by atoms with Crippen LogP contribution in [0.3, 0.4) is 0 Å². The van der Waals surface area contributed by atoms with Crippen LogP contribution in [0.1, 0.15) is 15.9 Å². The molecule has 2 rings (SSSR count). The number of phenols is 2. The maximum absolute atomic E-state index is 11.8. The van der Waals surface area contributed by atoms with Crippen molar-refractivity contribution in [2.24, 2.45) is 5.10 Å². The molecular formula is C14H11BrN2O3. The number of hydrazone groups is 1.